The first-order valence-electron chi connectivity index (χ1n) is 7.95. The molecule has 1 aromatic rings. The molecule has 0 spiro atoms. The molecule has 0 saturated carbocycles. The molecule has 7 nitrogen and oxygen atoms in total. The van der Waals surface area contributed by atoms with Crippen LogP contribution in [0.25, 0.3) is 0 Å². The van der Waals surface area contributed by atoms with Gasteiger partial charge in [0.2, 0.25) is 0 Å². The molecular weight excluding hydrogens is 410 g/mol. The number of nitrogens with zero attached hydrogens (tertiary/aromatic N) is 3. The van der Waals surface area contributed by atoms with Crippen LogP contribution in [-0.4, -0.2) is 62.5 Å². The van der Waals surface area contributed by atoms with Crippen LogP contribution in [0.2, 0.25) is 0 Å². The normalized spacial score (nSPS) is 25.8. The number of carboxylic acid groups (broad SMARTS) is 1. The van der Waals surface area contributed by atoms with Crippen molar-refractivity contribution in [3.05, 3.63) is 35.1 Å². The van der Waals surface area contributed by atoms with Crippen LogP contribution in [0, 0.1) is 5.92 Å². The zero-order valence-corrected chi connectivity index (χ0v) is 17.3. The van der Waals surface area contributed by atoms with E-state index in [2.05, 4.69) is 4.98 Å². The van der Waals surface area contributed by atoms with Gasteiger partial charge in [0.25, 0.3) is 5.91 Å². The zero-order valence-electron chi connectivity index (χ0n) is 15.5. The van der Waals surface area contributed by atoms with E-state index in [0.29, 0.717) is 14.7 Å². The summed E-state index contributed by atoms with van der Waals surface area (Å²) in [6, 6.07) is 1.36. The van der Waals surface area contributed by atoms with E-state index < -0.39 is 42.0 Å². The molecule has 144 valence electrons. The van der Waals surface area contributed by atoms with Crippen molar-refractivity contribution in [1.29, 1.82) is 0 Å². The predicted molar refractivity (Wildman–Crippen MR) is 86.2 cm³/mol. The summed E-state index contributed by atoms with van der Waals surface area (Å²) in [6.45, 7) is -0.233. The van der Waals surface area contributed by atoms with Gasteiger partial charge < -0.3 is 11.4 Å². The van der Waals surface area contributed by atoms with Gasteiger partial charge in [-0.1, -0.05) is 11.8 Å². The second kappa shape index (κ2) is 7.36. The Morgan fingerprint density at radius 3 is 2.50 bits per heavy atom. The molecule has 2 saturated heterocycles. The van der Waals surface area contributed by atoms with Crippen molar-refractivity contribution in [2.45, 2.75) is 29.6 Å². The van der Waals surface area contributed by atoms with Crippen molar-refractivity contribution in [1.82, 2.24) is 14.8 Å². The molecule has 3 aliphatic heterocycles. The molecule has 1 aromatic heterocycles. The van der Waals surface area contributed by atoms with E-state index in [1.54, 1.807) is 12.1 Å². The maximum absolute atomic E-state index is 12.8. The number of hydrogen-bond donors (Lipinski definition) is 1. The summed E-state index contributed by atoms with van der Waals surface area (Å²) in [5.41, 5.74) is -0.222. The Bertz CT molecular complexity index is 886. The summed E-state index contributed by atoms with van der Waals surface area (Å²) in [6.07, 6.45) is -1.84. The van der Waals surface area contributed by atoms with E-state index in [-0.39, 0.29) is 49.6 Å². The minimum Gasteiger partial charge on any atom is -1.00 e. The number of aromatic nitrogens is 1. The predicted octanol–water partition coefficient (Wildman–Crippen LogP) is -1.41. The van der Waals surface area contributed by atoms with Crippen LogP contribution in [0.4, 0.5) is 13.2 Å². The number of amides is 2. The number of carboxylic acids is 1. The van der Waals surface area contributed by atoms with Crippen molar-refractivity contribution in [2.24, 2.45) is 5.92 Å². The Morgan fingerprint density at radius 1 is 1.29 bits per heavy atom. The van der Waals surface area contributed by atoms with Crippen molar-refractivity contribution in [2.75, 3.05) is 6.54 Å². The fraction of sp³-hybridized carbons (Fsp3) is 0.375. The van der Waals surface area contributed by atoms with E-state index in [0.717, 1.165) is 16.7 Å². The van der Waals surface area contributed by atoms with Gasteiger partial charge in [-0.25, -0.2) is 4.79 Å². The van der Waals surface area contributed by atoms with Crippen LogP contribution in [0.5, 0.6) is 0 Å². The summed E-state index contributed by atoms with van der Waals surface area (Å²) in [7, 11) is 0. The monoisotopic (exact) mass is 423 g/mol. The molecule has 2 fully saturated rings. The molecular formula is C16H13F3N3NaO4S. The topological polar surface area (TPSA) is 90.8 Å². The van der Waals surface area contributed by atoms with Gasteiger partial charge in [0.05, 0.1) is 6.04 Å². The summed E-state index contributed by atoms with van der Waals surface area (Å²) in [5.74, 6) is -4.61. The van der Waals surface area contributed by atoms with E-state index in [4.69, 9.17) is 0 Å². The minimum absolute atomic E-state index is 0. The zero-order chi connectivity index (χ0) is 19.5. The van der Waals surface area contributed by atoms with Gasteiger partial charge in [-0.15, -0.1) is 0 Å². The summed E-state index contributed by atoms with van der Waals surface area (Å²) in [5, 5.41) is 9.59. The summed E-state index contributed by atoms with van der Waals surface area (Å²) >= 11 is 1.13. The number of rotatable bonds is 3. The second-order valence-corrected chi connectivity index (χ2v) is 7.59. The first kappa shape index (κ1) is 21.2. The first-order valence-corrected chi connectivity index (χ1v) is 8.77. The number of likely N-dealkylation sites (tertiary alicyclic amines) is 1. The maximum atomic E-state index is 12.8. The Labute approximate surface area is 184 Å². The van der Waals surface area contributed by atoms with Crippen LogP contribution in [-0.2, 0) is 14.4 Å². The van der Waals surface area contributed by atoms with Crippen LogP contribution in [0.1, 0.15) is 7.85 Å². The van der Waals surface area contributed by atoms with Gasteiger partial charge in [0.1, 0.15) is 11.7 Å². The molecule has 0 unspecified atom stereocenters. The number of alkyl halides is 3. The SMILES string of the molecule is O=C(O)C1=C(Sc2ccncc2)C[C@@H]2CN(C(=O)C(F)(F)F)[C@@H]3C(=O)N1[C@H]23.[H-].[Na+]. The average Bonchev–Trinajstić information content (AvgIpc) is 2.96. The minimum atomic E-state index is -5.08. The maximum Gasteiger partial charge on any atom is 1.00 e. The molecule has 3 atom stereocenters. The third kappa shape index (κ3) is 3.23. The van der Waals surface area contributed by atoms with E-state index in [9.17, 15) is 32.7 Å². The van der Waals surface area contributed by atoms with Gasteiger partial charge in [-0.05, 0) is 18.6 Å². The van der Waals surface area contributed by atoms with Gasteiger partial charge >= 0.3 is 47.6 Å². The van der Waals surface area contributed by atoms with Gasteiger partial charge in [0.15, 0.2) is 0 Å². The molecule has 0 radical (unpaired) electrons. The molecule has 1 N–H and O–H groups in total. The number of carbonyl (C=O) groups excluding carboxylic acids is 2. The number of pyridine rings is 1. The van der Waals surface area contributed by atoms with Crippen molar-refractivity contribution < 1.29 is 63.6 Å². The number of allylic oxidation sites excluding steroid dienone is 1. The van der Waals surface area contributed by atoms with E-state index in [1.807, 2.05) is 0 Å². The van der Waals surface area contributed by atoms with E-state index in [1.165, 1.54) is 12.4 Å². The first-order chi connectivity index (χ1) is 12.7. The largest absolute Gasteiger partial charge is 1.00 e. The quantitative estimate of drug-likeness (QED) is 0.475. The number of thioether (sulfide) groups is 1. The molecule has 0 aromatic carbocycles. The second-order valence-electron chi connectivity index (χ2n) is 6.43. The Balaban J connectivity index is 0.00000150. The fourth-order valence-corrected chi connectivity index (χ4v) is 5.02. The molecule has 0 aliphatic carbocycles. The standard InChI is InChI=1S/C16H12F3N3O4S.Na.H/c17-16(18,19)15(26)21-6-7-5-9(27-8-1-3-20-4-2-8)11(14(24)25)22-10(7)12(21)13(22)23;;/h1-4,7,10,12H,5-6H2,(H,24,25);;/q;+1;-1/t7-,10-,12+;;/m1../s1. The number of aliphatic carboxylic acids is 1. The molecule has 0 bridgehead atoms. The Hall–Kier alpha value is -1.56. The van der Waals surface area contributed by atoms with Gasteiger partial charge in [0, 0.05) is 34.7 Å². The number of halogens is 3. The Kier molecular flexibility index (Phi) is 5.56. The summed E-state index contributed by atoms with van der Waals surface area (Å²) < 4.78 is 38.5. The molecule has 4 rings (SSSR count). The third-order valence-electron chi connectivity index (χ3n) is 4.91. The van der Waals surface area contributed by atoms with Crippen LogP contribution < -0.4 is 29.6 Å². The van der Waals surface area contributed by atoms with Crippen molar-refractivity contribution in [3.8, 4) is 0 Å². The van der Waals surface area contributed by atoms with Crippen molar-refractivity contribution in [3.63, 3.8) is 0 Å². The molecule has 12 heteroatoms. The van der Waals surface area contributed by atoms with Gasteiger partial charge in [-0.3, -0.25) is 19.5 Å². The smallest absolute Gasteiger partial charge is 1.00 e. The number of β-lactam (4-membered cyclic amide) rings is 1. The van der Waals surface area contributed by atoms with Crippen LogP contribution >= 0.6 is 11.8 Å². The van der Waals surface area contributed by atoms with Crippen LogP contribution in [0.3, 0.4) is 0 Å². The number of hydrogen-bond acceptors (Lipinski definition) is 5. The van der Waals surface area contributed by atoms with Crippen LogP contribution in [0.15, 0.2) is 40.0 Å². The van der Waals surface area contributed by atoms with Gasteiger partial charge in [-0.2, -0.15) is 13.2 Å². The number of carbonyl (C=O) groups is 3. The molecule has 3 aliphatic rings. The Morgan fingerprint density at radius 2 is 1.93 bits per heavy atom. The third-order valence-corrected chi connectivity index (χ3v) is 6.03. The summed E-state index contributed by atoms with van der Waals surface area (Å²) in [4.78, 5) is 42.4. The molecule has 4 heterocycles. The fourth-order valence-electron chi connectivity index (χ4n) is 3.90. The molecule has 28 heavy (non-hydrogen) atoms. The van der Waals surface area contributed by atoms with E-state index >= 15 is 0 Å². The average molecular weight is 423 g/mol. The van der Waals surface area contributed by atoms with Crippen molar-refractivity contribution >= 4 is 29.5 Å². The molecule has 2 amide bonds.